The molecule has 6 heteroatoms. The lowest BCUT2D eigenvalue weighted by atomic mass is 10.2. The third kappa shape index (κ3) is 5.50. The van der Waals surface area contributed by atoms with Crippen molar-refractivity contribution in [1.29, 1.82) is 0 Å². The van der Waals surface area contributed by atoms with E-state index in [1.54, 1.807) is 38.1 Å². The molecule has 0 bridgehead atoms. The number of ether oxygens (including phenoxy) is 1. The van der Waals surface area contributed by atoms with Gasteiger partial charge in [-0.3, -0.25) is 0 Å². The van der Waals surface area contributed by atoms with Crippen LogP contribution in [0.2, 0.25) is 5.02 Å². The van der Waals surface area contributed by atoms with Crippen molar-refractivity contribution in [3.05, 3.63) is 65.2 Å². The van der Waals surface area contributed by atoms with Crippen LogP contribution in [0, 0.1) is 0 Å². The van der Waals surface area contributed by atoms with Crippen LogP contribution in [0.25, 0.3) is 0 Å². The molecule has 25 heavy (non-hydrogen) atoms. The molecule has 0 aliphatic rings. The average molecular weight is 361 g/mol. The van der Waals surface area contributed by atoms with Gasteiger partial charge in [-0.2, -0.15) is 0 Å². The minimum absolute atomic E-state index is 0.265. The number of halogens is 1. The fourth-order valence-electron chi connectivity index (χ4n) is 2.28. The maximum Gasteiger partial charge on any atom is 0.328 e. The number of hydrogen-bond donors (Lipinski definition) is 1. The van der Waals surface area contributed by atoms with Gasteiger partial charge in [0.1, 0.15) is 6.04 Å². The van der Waals surface area contributed by atoms with Gasteiger partial charge in [0, 0.05) is 17.3 Å². The molecule has 1 atom stereocenters. The summed E-state index contributed by atoms with van der Waals surface area (Å²) in [5, 5.41) is 3.37. The van der Waals surface area contributed by atoms with Gasteiger partial charge in [-0.1, -0.05) is 41.9 Å². The third-order valence-corrected chi connectivity index (χ3v) is 3.90. The zero-order chi connectivity index (χ0) is 18.2. The van der Waals surface area contributed by atoms with Crippen LogP contribution in [0.3, 0.4) is 0 Å². The largest absolute Gasteiger partial charge is 0.464 e. The molecule has 2 aromatic carbocycles. The summed E-state index contributed by atoms with van der Waals surface area (Å²) in [6.07, 6.45) is 0. The second-order valence-electron chi connectivity index (χ2n) is 5.48. The lowest BCUT2D eigenvalue weighted by molar-refractivity contribution is -0.147. The predicted octanol–water partition coefficient (Wildman–Crippen LogP) is 4.33. The second kappa shape index (κ2) is 9.08. The van der Waals surface area contributed by atoms with Crippen LogP contribution in [-0.2, 0) is 16.1 Å². The fourth-order valence-corrected chi connectivity index (χ4v) is 2.41. The molecule has 0 saturated heterocycles. The SMILES string of the molecule is CCOC(=O)[C@H](C)N(Cc1ccccc1)C(=O)Nc1ccc(Cl)cc1. The van der Waals surface area contributed by atoms with E-state index in [1.807, 2.05) is 30.3 Å². The van der Waals surface area contributed by atoms with Crippen molar-refractivity contribution >= 4 is 29.3 Å². The lowest BCUT2D eigenvalue weighted by Gasteiger charge is -2.28. The Hall–Kier alpha value is -2.53. The van der Waals surface area contributed by atoms with Gasteiger partial charge in [0.2, 0.25) is 0 Å². The molecule has 1 N–H and O–H groups in total. The first-order valence-corrected chi connectivity index (χ1v) is 8.42. The highest BCUT2D eigenvalue weighted by Gasteiger charge is 2.27. The van der Waals surface area contributed by atoms with Crippen molar-refractivity contribution in [1.82, 2.24) is 4.90 Å². The summed E-state index contributed by atoms with van der Waals surface area (Å²) in [6.45, 7) is 3.95. The average Bonchev–Trinajstić information content (AvgIpc) is 2.62. The molecular weight excluding hydrogens is 340 g/mol. The van der Waals surface area contributed by atoms with Crippen LogP contribution >= 0.6 is 11.6 Å². The van der Waals surface area contributed by atoms with E-state index < -0.39 is 12.0 Å². The van der Waals surface area contributed by atoms with Crippen molar-refractivity contribution in [2.45, 2.75) is 26.4 Å². The van der Waals surface area contributed by atoms with E-state index in [4.69, 9.17) is 16.3 Å². The van der Waals surface area contributed by atoms with Crippen molar-refractivity contribution in [2.24, 2.45) is 0 Å². The molecule has 0 heterocycles. The summed E-state index contributed by atoms with van der Waals surface area (Å²) in [6, 6.07) is 15.2. The van der Waals surface area contributed by atoms with Gasteiger partial charge >= 0.3 is 12.0 Å². The summed E-state index contributed by atoms with van der Waals surface area (Å²) in [7, 11) is 0. The van der Waals surface area contributed by atoms with Gasteiger partial charge in [0.05, 0.1) is 6.61 Å². The molecule has 2 aromatic rings. The number of carbonyl (C=O) groups excluding carboxylic acids is 2. The Bertz CT molecular complexity index is 704. The number of amides is 2. The number of nitrogens with zero attached hydrogens (tertiary/aromatic N) is 1. The molecular formula is C19H21ClN2O3. The monoisotopic (exact) mass is 360 g/mol. The van der Waals surface area contributed by atoms with Gasteiger partial charge < -0.3 is 15.0 Å². The number of rotatable bonds is 6. The van der Waals surface area contributed by atoms with Crippen LogP contribution in [0.4, 0.5) is 10.5 Å². The third-order valence-electron chi connectivity index (χ3n) is 3.65. The Morgan fingerprint density at radius 2 is 1.76 bits per heavy atom. The van der Waals surface area contributed by atoms with Crippen molar-refractivity contribution in [3.8, 4) is 0 Å². The molecule has 5 nitrogen and oxygen atoms in total. The quantitative estimate of drug-likeness (QED) is 0.780. The van der Waals surface area contributed by atoms with Crippen LogP contribution < -0.4 is 5.32 Å². The molecule has 0 unspecified atom stereocenters. The zero-order valence-electron chi connectivity index (χ0n) is 14.2. The number of urea groups is 1. The van der Waals surface area contributed by atoms with Gasteiger partial charge in [0.15, 0.2) is 0 Å². The maximum absolute atomic E-state index is 12.7. The first kappa shape index (κ1) is 18.8. The second-order valence-corrected chi connectivity index (χ2v) is 5.92. The van der Waals surface area contributed by atoms with Crippen LogP contribution in [0.5, 0.6) is 0 Å². The Morgan fingerprint density at radius 3 is 2.36 bits per heavy atom. The van der Waals surface area contributed by atoms with Gasteiger partial charge in [-0.05, 0) is 43.7 Å². The summed E-state index contributed by atoms with van der Waals surface area (Å²) < 4.78 is 5.06. The van der Waals surface area contributed by atoms with Crippen molar-refractivity contribution in [2.75, 3.05) is 11.9 Å². The van der Waals surface area contributed by atoms with E-state index in [9.17, 15) is 9.59 Å². The van der Waals surface area contributed by atoms with E-state index in [1.165, 1.54) is 4.90 Å². The topological polar surface area (TPSA) is 58.6 Å². The van der Waals surface area contributed by atoms with Crippen LogP contribution in [0.1, 0.15) is 19.4 Å². The highest BCUT2D eigenvalue weighted by Crippen LogP contribution is 2.16. The Labute approximate surface area is 152 Å². The molecule has 0 spiro atoms. The summed E-state index contributed by atoms with van der Waals surface area (Å²) in [5.41, 5.74) is 1.52. The number of anilines is 1. The fraction of sp³-hybridized carbons (Fsp3) is 0.263. The smallest absolute Gasteiger partial charge is 0.328 e. The summed E-state index contributed by atoms with van der Waals surface area (Å²) in [4.78, 5) is 26.3. The van der Waals surface area contributed by atoms with E-state index in [-0.39, 0.29) is 12.6 Å². The molecule has 0 aliphatic heterocycles. The molecule has 132 valence electrons. The highest BCUT2D eigenvalue weighted by atomic mass is 35.5. The minimum Gasteiger partial charge on any atom is -0.464 e. The van der Waals surface area contributed by atoms with Crippen LogP contribution in [-0.4, -0.2) is 29.5 Å². The first-order valence-electron chi connectivity index (χ1n) is 8.05. The van der Waals surface area contributed by atoms with Gasteiger partial charge in [-0.25, -0.2) is 9.59 Å². The maximum atomic E-state index is 12.7. The number of hydrogen-bond acceptors (Lipinski definition) is 3. The Balaban J connectivity index is 2.18. The molecule has 0 aliphatic carbocycles. The van der Waals surface area contributed by atoms with Gasteiger partial charge in [-0.15, -0.1) is 0 Å². The number of carbonyl (C=O) groups is 2. The molecule has 0 radical (unpaired) electrons. The highest BCUT2D eigenvalue weighted by molar-refractivity contribution is 6.30. The minimum atomic E-state index is -0.715. The van der Waals surface area contributed by atoms with Crippen LogP contribution in [0.15, 0.2) is 54.6 Å². The number of nitrogens with one attached hydrogen (secondary N) is 1. The molecule has 2 rings (SSSR count). The molecule has 0 saturated carbocycles. The normalized spacial score (nSPS) is 11.5. The zero-order valence-corrected chi connectivity index (χ0v) is 15.0. The summed E-state index contributed by atoms with van der Waals surface area (Å²) in [5.74, 6) is -0.440. The van der Waals surface area contributed by atoms with E-state index >= 15 is 0 Å². The number of esters is 1. The van der Waals surface area contributed by atoms with Crippen molar-refractivity contribution < 1.29 is 14.3 Å². The molecule has 0 fully saturated rings. The molecule has 0 aromatic heterocycles. The Kier molecular flexibility index (Phi) is 6.83. The van der Waals surface area contributed by atoms with E-state index in [0.29, 0.717) is 17.3 Å². The van der Waals surface area contributed by atoms with E-state index in [2.05, 4.69) is 5.32 Å². The summed E-state index contributed by atoms with van der Waals surface area (Å²) >= 11 is 5.86. The lowest BCUT2D eigenvalue weighted by Crippen LogP contribution is -2.45. The standard InChI is InChI=1S/C19H21ClN2O3/c1-3-25-18(23)14(2)22(13-15-7-5-4-6-8-15)19(24)21-17-11-9-16(20)10-12-17/h4-12,14H,3,13H2,1-2H3,(H,21,24)/t14-/m0/s1. The first-order chi connectivity index (χ1) is 12.0. The van der Waals surface area contributed by atoms with E-state index in [0.717, 1.165) is 5.56 Å². The molecule has 2 amide bonds. The Morgan fingerprint density at radius 1 is 1.12 bits per heavy atom. The number of benzene rings is 2. The van der Waals surface area contributed by atoms with Gasteiger partial charge in [0.25, 0.3) is 0 Å². The van der Waals surface area contributed by atoms with Crippen molar-refractivity contribution in [3.63, 3.8) is 0 Å². The predicted molar refractivity (Wildman–Crippen MR) is 98.6 cm³/mol.